The minimum atomic E-state index is -3.27. The number of carbonyl (C=O) groups excluding carboxylic acids is 1. The lowest BCUT2D eigenvalue weighted by Gasteiger charge is -2.13. The molecule has 0 spiro atoms. The third-order valence-corrected chi connectivity index (χ3v) is 2.52. The van der Waals surface area contributed by atoms with Gasteiger partial charge in [-0.15, -0.1) is 0 Å². The maximum absolute atomic E-state index is 12.6. The number of benzene rings is 1. The molecule has 0 unspecified atom stereocenters. The first-order valence-electron chi connectivity index (χ1n) is 4.93. The van der Waals surface area contributed by atoms with E-state index in [1.54, 1.807) is 24.3 Å². The fourth-order valence-corrected chi connectivity index (χ4v) is 1.63. The lowest BCUT2D eigenvalue weighted by molar-refractivity contribution is -0.123. The van der Waals surface area contributed by atoms with Crippen LogP contribution < -0.4 is 5.32 Å². The predicted molar refractivity (Wildman–Crippen MR) is 62.9 cm³/mol. The molecular formula is C11H12BrF2NO2. The molecule has 0 bridgehead atoms. The molecule has 0 saturated carbocycles. The van der Waals surface area contributed by atoms with Crippen molar-refractivity contribution in [1.29, 1.82) is 0 Å². The Hall–Kier alpha value is -1.01. The third-order valence-electron chi connectivity index (χ3n) is 2.03. The summed E-state index contributed by atoms with van der Waals surface area (Å²) in [5.41, 5.74) is 0.726. The van der Waals surface area contributed by atoms with Crippen LogP contribution in [0.3, 0.4) is 0 Å². The van der Waals surface area contributed by atoms with Crippen molar-refractivity contribution in [3.63, 3.8) is 0 Å². The lowest BCUT2D eigenvalue weighted by Crippen LogP contribution is -2.39. The summed E-state index contributed by atoms with van der Waals surface area (Å²) in [6.45, 7) is -2.12. The molecule has 0 radical (unpaired) electrons. The van der Waals surface area contributed by atoms with Gasteiger partial charge in [-0.3, -0.25) is 4.79 Å². The topological polar surface area (TPSA) is 49.3 Å². The molecule has 6 heteroatoms. The zero-order valence-electron chi connectivity index (χ0n) is 8.92. The van der Waals surface area contributed by atoms with Crippen molar-refractivity contribution >= 4 is 21.8 Å². The third kappa shape index (κ3) is 5.23. The number of carbonyl (C=O) groups is 1. The van der Waals surface area contributed by atoms with Gasteiger partial charge in [-0.05, 0) is 17.7 Å². The van der Waals surface area contributed by atoms with Crippen molar-refractivity contribution in [2.45, 2.75) is 12.3 Å². The van der Waals surface area contributed by atoms with E-state index in [2.05, 4.69) is 21.2 Å². The second-order valence-corrected chi connectivity index (χ2v) is 4.51. The van der Waals surface area contributed by atoms with Crippen molar-refractivity contribution in [2.24, 2.45) is 0 Å². The van der Waals surface area contributed by atoms with Gasteiger partial charge in [-0.1, -0.05) is 28.1 Å². The van der Waals surface area contributed by atoms with Gasteiger partial charge in [0.05, 0.1) is 13.0 Å². The van der Waals surface area contributed by atoms with Gasteiger partial charge in [0.25, 0.3) is 5.92 Å². The van der Waals surface area contributed by atoms with Gasteiger partial charge >= 0.3 is 0 Å². The number of halogens is 3. The quantitative estimate of drug-likeness (QED) is 0.870. The van der Waals surface area contributed by atoms with Crippen LogP contribution in [0.2, 0.25) is 0 Å². The Morgan fingerprint density at radius 2 is 2.18 bits per heavy atom. The molecule has 1 aromatic carbocycles. The summed E-state index contributed by atoms with van der Waals surface area (Å²) < 4.78 is 26.1. The number of rotatable bonds is 5. The molecule has 0 heterocycles. The van der Waals surface area contributed by atoms with Gasteiger partial charge in [0, 0.05) is 4.47 Å². The normalized spacial score (nSPS) is 11.3. The van der Waals surface area contributed by atoms with E-state index < -0.39 is 25.0 Å². The summed E-state index contributed by atoms with van der Waals surface area (Å²) in [5, 5.41) is 10.4. The molecule has 0 aliphatic heterocycles. The Balaban J connectivity index is 2.45. The number of aliphatic hydroxyl groups is 1. The van der Waals surface area contributed by atoms with Gasteiger partial charge in [0.15, 0.2) is 0 Å². The van der Waals surface area contributed by atoms with Gasteiger partial charge in [-0.2, -0.15) is 0 Å². The van der Waals surface area contributed by atoms with E-state index in [4.69, 9.17) is 5.11 Å². The molecule has 0 fully saturated rings. The first-order chi connectivity index (χ1) is 7.93. The van der Waals surface area contributed by atoms with Crippen LogP contribution in [0.4, 0.5) is 8.78 Å². The Morgan fingerprint density at radius 3 is 2.76 bits per heavy atom. The number of hydrogen-bond donors (Lipinski definition) is 2. The molecule has 1 aromatic rings. The zero-order chi connectivity index (χ0) is 12.9. The highest BCUT2D eigenvalue weighted by Gasteiger charge is 2.27. The minimum Gasteiger partial charge on any atom is -0.390 e. The van der Waals surface area contributed by atoms with Crippen LogP contribution in [-0.4, -0.2) is 30.1 Å². The Labute approximate surface area is 106 Å². The Morgan fingerprint density at radius 1 is 1.47 bits per heavy atom. The largest absolute Gasteiger partial charge is 0.390 e. The van der Waals surface area contributed by atoms with Crippen molar-refractivity contribution in [2.75, 3.05) is 13.2 Å². The predicted octanol–water partition coefficient (Wildman–Crippen LogP) is 1.74. The van der Waals surface area contributed by atoms with Crippen LogP contribution >= 0.6 is 15.9 Å². The second-order valence-electron chi connectivity index (χ2n) is 3.60. The monoisotopic (exact) mass is 307 g/mol. The van der Waals surface area contributed by atoms with Gasteiger partial charge in [-0.25, -0.2) is 8.78 Å². The number of amides is 1. The van der Waals surface area contributed by atoms with Crippen LogP contribution in [-0.2, 0) is 11.2 Å². The molecule has 1 amide bonds. The summed E-state index contributed by atoms with van der Waals surface area (Å²) in [7, 11) is 0. The standard InChI is InChI=1S/C11H12BrF2NO2/c12-9-3-1-2-8(4-9)5-10(17)15-6-11(13,14)7-16/h1-4,16H,5-7H2,(H,15,17). The van der Waals surface area contributed by atoms with E-state index in [-0.39, 0.29) is 6.42 Å². The summed E-state index contributed by atoms with van der Waals surface area (Å²) >= 11 is 3.25. The molecule has 0 aliphatic rings. The molecule has 17 heavy (non-hydrogen) atoms. The Kier molecular flexibility index (Phi) is 5.02. The fourth-order valence-electron chi connectivity index (χ4n) is 1.18. The summed E-state index contributed by atoms with van der Waals surface area (Å²) in [6.07, 6.45) is 0.0287. The average Bonchev–Trinajstić information content (AvgIpc) is 2.27. The fraction of sp³-hybridized carbons (Fsp3) is 0.364. The highest BCUT2D eigenvalue weighted by Crippen LogP contribution is 2.13. The first-order valence-corrected chi connectivity index (χ1v) is 5.72. The van der Waals surface area contributed by atoms with E-state index >= 15 is 0 Å². The highest BCUT2D eigenvalue weighted by atomic mass is 79.9. The van der Waals surface area contributed by atoms with E-state index in [9.17, 15) is 13.6 Å². The van der Waals surface area contributed by atoms with E-state index in [0.29, 0.717) is 0 Å². The van der Waals surface area contributed by atoms with E-state index in [1.807, 2.05) is 0 Å². The number of alkyl halides is 2. The van der Waals surface area contributed by atoms with Crippen LogP contribution in [0.25, 0.3) is 0 Å². The second kappa shape index (κ2) is 6.07. The first kappa shape index (κ1) is 14.1. The SMILES string of the molecule is O=C(Cc1cccc(Br)c1)NCC(F)(F)CO. The summed E-state index contributed by atoms with van der Waals surface area (Å²) in [4.78, 5) is 11.3. The van der Waals surface area contributed by atoms with Crippen LogP contribution in [0, 0.1) is 0 Å². The van der Waals surface area contributed by atoms with Crippen LogP contribution in [0.5, 0.6) is 0 Å². The Bertz CT molecular complexity index is 399. The molecule has 0 aliphatic carbocycles. The van der Waals surface area contributed by atoms with Gasteiger partial charge in [0.2, 0.25) is 5.91 Å². The molecular weight excluding hydrogens is 296 g/mol. The smallest absolute Gasteiger partial charge is 0.287 e. The molecule has 94 valence electrons. The summed E-state index contributed by atoms with van der Waals surface area (Å²) in [5.74, 6) is -3.77. The molecule has 0 atom stereocenters. The zero-order valence-corrected chi connectivity index (χ0v) is 10.5. The minimum absolute atomic E-state index is 0.0287. The molecule has 2 N–H and O–H groups in total. The maximum atomic E-state index is 12.6. The number of aliphatic hydroxyl groups excluding tert-OH is 1. The highest BCUT2D eigenvalue weighted by molar-refractivity contribution is 9.10. The molecule has 1 rings (SSSR count). The van der Waals surface area contributed by atoms with Gasteiger partial charge < -0.3 is 10.4 Å². The average molecular weight is 308 g/mol. The molecule has 0 saturated heterocycles. The summed E-state index contributed by atoms with van der Waals surface area (Å²) in [6, 6.07) is 7.04. The van der Waals surface area contributed by atoms with Crippen molar-refractivity contribution in [3.05, 3.63) is 34.3 Å². The molecule has 3 nitrogen and oxygen atoms in total. The van der Waals surface area contributed by atoms with Crippen molar-refractivity contribution in [3.8, 4) is 0 Å². The lowest BCUT2D eigenvalue weighted by atomic mass is 10.1. The van der Waals surface area contributed by atoms with Crippen molar-refractivity contribution < 1.29 is 18.7 Å². The maximum Gasteiger partial charge on any atom is 0.287 e. The number of hydrogen-bond acceptors (Lipinski definition) is 2. The van der Waals surface area contributed by atoms with E-state index in [1.165, 1.54) is 0 Å². The van der Waals surface area contributed by atoms with Crippen LogP contribution in [0.15, 0.2) is 28.7 Å². The molecule has 0 aromatic heterocycles. The van der Waals surface area contributed by atoms with Gasteiger partial charge in [0.1, 0.15) is 6.61 Å². The number of nitrogens with one attached hydrogen (secondary N) is 1. The van der Waals surface area contributed by atoms with Crippen molar-refractivity contribution in [1.82, 2.24) is 5.32 Å². The van der Waals surface area contributed by atoms with Crippen LogP contribution in [0.1, 0.15) is 5.56 Å². The van der Waals surface area contributed by atoms with E-state index in [0.717, 1.165) is 10.0 Å².